The molecule has 19 heteroatoms. The smallest absolute Gasteiger partial charge is 0.462 e. The van der Waals surface area contributed by atoms with Crippen molar-refractivity contribution >= 4 is 39.5 Å². The summed E-state index contributed by atoms with van der Waals surface area (Å²) in [4.78, 5) is 73.1. The molecule has 0 bridgehead atoms. The molecule has 606 valence electrons. The highest BCUT2D eigenvalue weighted by Crippen LogP contribution is 2.45. The van der Waals surface area contributed by atoms with E-state index >= 15 is 0 Å². The van der Waals surface area contributed by atoms with Gasteiger partial charge in [-0.05, 0) is 31.6 Å². The van der Waals surface area contributed by atoms with E-state index < -0.39 is 97.5 Å². The summed E-state index contributed by atoms with van der Waals surface area (Å²) in [5.41, 5.74) is 0. The second-order valence-corrected chi connectivity index (χ2v) is 33.0. The molecule has 0 aromatic rings. The van der Waals surface area contributed by atoms with Crippen molar-refractivity contribution in [2.75, 3.05) is 39.6 Å². The normalized spacial score (nSPS) is 14.1. The Hall–Kier alpha value is -1.94. The molecule has 0 radical (unpaired) electrons. The SMILES string of the molecule is CCCCCCCCCCCCCCCCCCCCCCCC(=O)O[C@H](COC(=O)CCCCCCCCCCCCCCCCCC)COP(=O)(O)OC[C@@H](O)COP(=O)(O)OC[C@@H](COC(=O)CCCCCCCCCCC(C)CC)OC(=O)CCCCCCCCCCCCCCC. The van der Waals surface area contributed by atoms with Gasteiger partial charge in [-0.15, -0.1) is 0 Å². The first-order valence-electron chi connectivity index (χ1n) is 43.2. The predicted molar refractivity (Wildman–Crippen MR) is 418 cm³/mol. The minimum atomic E-state index is -4.96. The lowest BCUT2D eigenvalue weighted by Gasteiger charge is -2.21. The van der Waals surface area contributed by atoms with E-state index in [0.29, 0.717) is 25.7 Å². The fraction of sp³-hybridized carbons (Fsp3) is 0.952. The zero-order valence-corrected chi connectivity index (χ0v) is 68.5. The Bertz CT molecular complexity index is 1950. The molecule has 0 aromatic carbocycles. The van der Waals surface area contributed by atoms with Crippen LogP contribution in [0.1, 0.15) is 446 Å². The minimum Gasteiger partial charge on any atom is -0.462 e. The lowest BCUT2D eigenvalue weighted by atomic mass is 9.99. The Morgan fingerprint density at radius 1 is 0.275 bits per heavy atom. The summed E-state index contributed by atoms with van der Waals surface area (Å²) in [7, 11) is -9.92. The molecule has 102 heavy (non-hydrogen) atoms. The number of carbonyl (C=O) groups is 4. The van der Waals surface area contributed by atoms with Crippen LogP contribution in [0.2, 0.25) is 0 Å². The first-order valence-corrected chi connectivity index (χ1v) is 46.2. The molecule has 0 amide bonds. The zero-order chi connectivity index (χ0) is 74.8. The van der Waals surface area contributed by atoms with Gasteiger partial charge in [0.05, 0.1) is 26.4 Å². The van der Waals surface area contributed by atoms with Gasteiger partial charge in [0, 0.05) is 25.7 Å². The fourth-order valence-electron chi connectivity index (χ4n) is 12.9. The first kappa shape index (κ1) is 100. The molecule has 0 aliphatic rings. The number of unbranched alkanes of at least 4 members (excludes halogenated alkanes) is 54. The van der Waals surface area contributed by atoms with Crippen LogP contribution in [0.5, 0.6) is 0 Å². The minimum absolute atomic E-state index is 0.108. The summed E-state index contributed by atoms with van der Waals surface area (Å²) < 4.78 is 68.8. The van der Waals surface area contributed by atoms with Gasteiger partial charge >= 0.3 is 39.5 Å². The molecular weight excluding hydrogens is 1330 g/mol. The average molecular weight is 1490 g/mol. The number of phosphoric ester groups is 2. The molecule has 0 rings (SSSR count). The molecule has 0 saturated carbocycles. The van der Waals surface area contributed by atoms with E-state index in [9.17, 15) is 43.2 Å². The predicted octanol–water partition coefficient (Wildman–Crippen LogP) is 25.2. The zero-order valence-electron chi connectivity index (χ0n) is 66.8. The molecular formula is C83H162O17P2. The second-order valence-electron chi connectivity index (χ2n) is 30.1. The molecule has 6 atom stereocenters. The molecule has 0 aliphatic carbocycles. The Morgan fingerprint density at radius 2 is 0.471 bits per heavy atom. The van der Waals surface area contributed by atoms with Crippen LogP contribution >= 0.6 is 15.6 Å². The van der Waals surface area contributed by atoms with Gasteiger partial charge in [0.15, 0.2) is 12.2 Å². The third kappa shape index (κ3) is 74.9. The molecule has 0 aromatic heterocycles. The maximum Gasteiger partial charge on any atom is 0.472 e. The number of hydrogen-bond donors (Lipinski definition) is 3. The van der Waals surface area contributed by atoms with Crippen molar-refractivity contribution in [1.82, 2.24) is 0 Å². The van der Waals surface area contributed by atoms with E-state index in [1.807, 2.05) is 0 Å². The lowest BCUT2D eigenvalue weighted by molar-refractivity contribution is -0.161. The molecule has 3 unspecified atom stereocenters. The van der Waals surface area contributed by atoms with Crippen molar-refractivity contribution in [3.8, 4) is 0 Å². The summed E-state index contributed by atoms with van der Waals surface area (Å²) in [6.07, 6.45) is 67.9. The summed E-state index contributed by atoms with van der Waals surface area (Å²) in [5, 5.41) is 10.7. The Labute approximate surface area is 626 Å². The largest absolute Gasteiger partial charge is 0.472 e. The monoisotopic (exact) mass is 1490 g/mol. The highest BCUT2D eigenvalue weighted by atomic mass is 31.2. The maximum atomic E-state index is 13.1. The lowest BCUT2D eigenvalue weighted by Crippen LogP contribution is -2.30. The van der Waals surface area contributed by atoms with Gasteiger partial charge in [0.25, 0.3) is 0 Å². The summed E-state index contributed by atoms with van der Waals surface area (Å²) in [6.45, 7) is 7.35. The highest BCUT2D eigenvalue weighted by Gasteiger charge is 2.30. The van der Waals surface area contributed by atoms with Crippen LogP contribution in [0.15, 0.2) is 0 Å². The number of hydrogen-bond acceptors (Lipinski definition) is 15. The summed E-state index contributed by atoms with van der Waals surface area (Å²) >= 11 is 0. The number of aliphatic hydroxyl groups excluding tert-OH is 1. The van der Waals surface area contributed by atoms with Crippen LogP contribution in [-0.4, -0.2) is 96.7 Å². The van der Waals surface area contributed by atoms with E-state index in [2.05, 4.69) is 34.6 Å². The van der Waals surface area contributed by atoms with E-state index in [1.165, 1.54) is 270 Å². The van der Waals surface area contributed by atoms with Gasteiger partial charge < -0.3 is 33.8 Å². The number of rotatable bonds is 83. The summed E-state index contributed by atoms with van der Waals surface area (Å²) in [5.74, 6) is -1.33. The van der Waals surface area contributed by atoms with Crippen molar-refractivity contribution in [2.45, 2.75) is 464 Å². The Kier molecular flexibility index (Phi) is 74.4. The van der Waals surface area contributed by atoms with Crippen molar-refractivity contribution in [2.24, 2.45) is 5.92 Å². The third-order valence-corrected chi connectivity index (χ3v) is 21.8. The highest BCUT2D eigenvalue weighted by molar-refractivity contribution is 7.47. The van der Waals surface area contributed by atoms with Gasteiger partial charge in [-0.1, -0.05) is 394 Å². The van der Waals surface area contributed by atoms with Gasteiger partial charge in [0.1, 0.15) is 19.3 Å². The molecule has 0 fully saturated rings. The summed E-state index contributed by atoms with van der Waals surface area (Å²) in [6, 6.07) is 0. The average Bonchev–Trinajstić information content (AvgIpc) is 0.925. The van der Waals surface area contributed by atoms with Crippen LogP contribution < -0.4 is 0 Å². The van der Waals surface area contributed by atoms with Crippen LogP contribution in [0.25, 0.3) is 0 Å². The number of ether oxygens (including phenoxy) is 4. The maximum absolute atomic E-state index is 13.1. The van der Waals surface area contributed by atoms with Gasteiger partial charge in [-0.25, -0.2) is 9.13 Å². The third-order valence-electron chi connectivity index (χ3n) is 19.9. The van der Waals surface area contributed by atoms with Crippen molar-refractivity contribution in [3.63, 3.8) is 0 Å². The van der Waals surface area contributed by atoms with E-state index in [-0.39, 0.29) is 25.7 Å². The standard InChI is InChI=1S/C83H162O17P2/c1-6-10-13-16-19-22-25-28-30-32-33-34-35-36-38-41-44-47-54-59-64-69-83(88)99-78(72-93-80(85)66-61-56-51-45-42-40-37-31-29-26-23-20-17-14-11-7-2)74-97-101(89,90)95-70-77(84)71-96-102(91,92)98-75-79(73-94-81(86)67-62-57-52-49-48-50-55-60-65-76(5)9-4)100-82(87)68-63-58-53-46-43-39-27-24-21-18-15-12-8-3/h76-79,84H,6-75H2,1-5H3,(H,89,90)(H,91,92)/t76?,77-,78-,79-/m1/s1. The second kappa shape index (κ2) is 75.9. The quantitative estimate of drug-likeness (QED) is 0.0222. The van der Waals surface area contributed by atoms with Crippen molar-refractivity contribution < 1.29 is 80.2 Å². The van der Waals surface area contributed by atoms with Crippen LogP contribution in [0.3, 0.4) is 0 Å². The van der Waals surface area contributed by atoms with Gasteiger partial charge in [-0.2, -0.15) is 0 Å². The topological polar surface area (TPSA) is 237 Å². The van der Waals surface area contributed by atoms with Gasteiger partial charge in [0.2, 0.25) is 0 Å². The molecule has 0 spiro atoms. The first-order chi connectivity index (χ1) is 49.6. The van der Waals surface area contributed by atoms with Crippen LogP contribution in [0.4, 0.5) is 0 Å². The Morgan fingerprint density at radius 3 is 0.696 bits per heavy atom. The molecule has 0 aliphatic heterocycles. The number of carbonyl (C=O) groups excluding carboxylic acids is 4. The molecule has 17 nitrogen and oxygen atoms in total. The Balaban J connectivity index is 5.24. The fourth-order valence-corrected chi connectivity index (χ4v) is 14.5. The number of aliphatic hydroxyl groups is 1. The van der Waals surface area contributed by atoms with E-state index in [0.717, 1.165) is 95.8 Å². The van der Waals surface area contributed by atoms with E-state index in [4.69, 9.17) is 37.0 Å². The number of esters is 4. The van der Waals surface area contributed by atoms with Gasteiger partial charge in [-0.3, -0.25) is 37.3 Å². The molecule has 3 N–H and O–H groups in total. The van der Waals surface area contributed by atoms with Crippen LogP contribution in [0, 0.1) is 5.92 Å². The van der Waals surface area contributed by atoms with Crippen molar-refractivity contribution in [1.29, 1.82) is 0 Å². The molecule has 0 saturated heterocycles. The molecule has 0 heterocycles. The number of phosphoric acid groups is 2. The van der Waals surface area contributed by atoms with E-state index in [1.54, 1.807) is 0 Å². The van der Waals surface area contributed by atoms with Crippen molar-refractivity contribution in [3.05, 3.63) is 0 Å². The van der Waals surface area contributed by atoms with Crippen LogP contribution in [-0.2, 0) is 65.4 Å².